The molecule has 142 valence electrons. The smallest absolute Gasteiger partial charge is 0.314 e. The summed E-state index contributed by atoms with van der Waals surface area (Å²) in [5.74, 6) is -1.60. The molecule has 0 unspecified atom stereocenters. The van der Waals surface area contributed by atoms with Gasteiger partial charge in [-0.3, -0.25) is 9.59 Å². The van der Waals surface area contributed by atoms with Crippen molar-refractivity contribution in [3.63, 3.8) is 0 Å². The highest BCUT2D eigenvalue weighted by Gasteiger charge is 2.19. The van der Waals surface area contributed by atoms with Gasteiger partial charge in [0.1, 0.15) is 0 Å². The van der Waals surface area contributed by atoms with Gasteiger partial charge in [0.15, 0.2) is 0 Å². The molecule has 0 aromatic heterocycles. The van der Waals surface area contributed by atoms with Crippen LogP contribution in [0.4, 0.5) is 11.4 Å². The Kier molecular flexibility index (Phi) is 5.29. The number of fused-ring (bicyclic) bond motifs is 1. The number of anilines is 2. The molecule has 1 aliphatic carbocycles. The van der Waals surface area contributed by atoms with Crippen molar-refractivity contribution in [3.8, 4) is 0 Å². The Hall–Kier alpha value is -2.71. The molecule has 8 heteroatoms. The van der Waals surface area contributed by atoms with Crippen LogP contribution in [-0.2, 0) is 32.5 Å². The summed E-state index contributed by atoms with van der Waals surface area (Å²) in [4.78, 5) is 24.3. The number of rotatable bonds is 4. The summed E-state index contributed by atoms with van der Waals surface area (Å²) in [6.07, 6.45) is 3.13. The van der Waals surface area contributed by atoms with Gasteiger partial charge in [-0.05, 0) is 66.8 Å². The average molecular weight is 387 g/mol. The zero-order valence-electron chi connectivity index (χ0n) is 15.2. The minimum absolute atomic E-state index is 0.105. The Morgan fingerprint density at radius 2 is 1.41 bits per heavy atom. The molecular formula is C19H21N3O4S. The second-order valence-corrected chi connectivity index (χ2v) is 8.71. The van der Waals surface area contributed by atoms with E-state index < -0.39 is 21.8 Å². The van der Waals surface area contributed by atoms with E-state index in [4.69, 9.17) is 0 Å². The van der Waals surface area contributed by atoms with E-state index in [0.717, 1.165) is 23.6 Å². The summed E-state index contributed by atoms with van der Waals surface area (Å²) in [7, 11) is -0.665. The molecule has 0 spiro atoms. The highest BCUT2D eigenvalue weighted by atomic mass is 32.2. The van der Waals surface area contributed by atoms with Crippen molar-refractivity contribution < 1.29 is 18.0 Å². The zero-order valence-corrected chi connectivity index (χ0v) is 16.0. The normalized spacial score (nSPS) is 13.3. The van der Waals surface area contributed by atoms with Crippen molar-refractivity contribution in [2.45, 2.75) is 24.2 Å². The van der Waals surface area contributed by atoms with E-state index in [2.05, 4.69) is 10.6 Å². The molecule has 7 nitrogen and oxygen atoms in total. The van der Waals surface area contributed by atoms with Crippen molar-refractivity contribution in [1.82, 2.24) is 4.31 Å². The van der Waals surface area contributed by atoms with Gasteiger partial charge in [-0.25, -0.2) is 12.7 Å². The second kappa shape index (κ2) is 7.50. The second-order valence-electron chi connectivity index (χ2n) is 6.56. The van der Waals surface area contributed by atoms with Gasteiger partial charge in [-0.15, -0.1) is 0 Å². The first-order chi connectivity index (χ1) is 12.8. The van der Waals surface area contributed by atoms with Gasteiger partial charge in [-0.1, -0.05) is 6.07 Å². The fourth-order valence-corrected chi connectivity index (χ4v) is 3.85. The lowest BCUT2D eigenvalue weighted by Gasteiger charge is -2.12. The van der Waals surface area contributed by atoms with E-state index in [-0.39, 0.29) is 4.90 Å². The van der Waals surface area contributed by atoms with E-state index in [9.17, 15) is 18.0 Å². The standard InChI is InChI=1S/C19H21N3O4S/c1-22(2)27(25,26)17-10-8-15(9-11-17)20-18(23)19(24)21-16-7-6-13-4-3-5-14(13)12-16/h6-12H,3-5H2,1-2H3,(H,20,23)(H,21,24). The largest absolute Gasteiger partial charge is 0.318 e. The number of amides is 2. The van der Waals surface area contributed by atoms with Crippen LogP contribution in [-0.4, -0.2) is 38.6 Å². The van der Waals surface area contributed by atoms with E-state index >= 15 is 0 Å². The minimum Gasteiger partial charge on any atom is -0.318 e. The van der Waals surface area contributed by atoms with E-state index in [1.165, 1.54) is 49.5 Å². The van der Waals surface area contributed by atoms with Gasteiger partial charge in [0, 0.05) is 25.5 Å². The van der Waals surface area contributed by atoms with Gasteiger partial charge in [0.05, 0.1) is 4.90 Å². The first-order valence-electron chi connectivity index (χ1n) is 8.54. The molecule has 0 atom stereocenters. The third kappa shape index (κ3) is 4.17. The third-order valence-electron chi connectivity index (χ3n) is 4.45. The summed E-state index contributed by atoms with van der Waals surface area (Å²) in [6.45, 7) is 0. The molecule has 1 aliphatic rings. The first-order valence-corrected chi connectivity index (χ1v) is 9.98. The van der Waals surface area contributed by atoms with Crippen LogP contribution in [0.1, 0.15) is 17.5 Å². The molecule has 0 aliphatic heterocycles. The highest BCUT2D eigenvalue weighted by molar-refractivity contribution is 7.89. The number of aryl methyl sites for hydroxylation is 2. The summed E-state index contributed by atoms with van der Waals surface area (Å²) in [6, 6.07) is 11.3. The van der Waals surface area contributed by atoms with Crippen LogP contribution < -0.4 is 10.6 Å². The van der Waals surface area contributed by atoms with E-state index in [1.807, 2.05) is 12.1 Å². The highest BCUT2D eigenvalue weighted by Crippen LogP contribution is 2.25. The molecule has 0 fully saturated rings. The minimum atomic E-state index is -3.54. The first kappa shape index (κ1) is 19.1. The summed E-state index contributed by atoms with van der Waals surface area (Å²) in [5, 5.41) is 5.05. The number of carbonyl (C=O) groups is 2. The molecule has 2 amide bonds. The summed E-state index contributed by atoms with van der Waals surface area (Å²) >= 11 is 0. The van der Waals surface area contributed by atoms with Crippen molar-refractivity contribution in [2.24, 2.45) is 0 Å². The van der Waals surface area contributed by atoms with Crippen molar-refractivity contribution >= 4 is 33.2 Å². The lowest BCUT2D eigenvalue weighted by Crippen LogP contribution is -2.29. The zero-order chi connectivity index (χ0) is 19.6. The number of nitrogens with zero attached hydrogens (tertiary/aromatic N) is 1. The molecule has 2 aromatic carbocycles. The van der Waals surface area contributed by atoms with Crippen molar-refractivity contribution in [3.05, 3.63) is 53.6 Å². The number of nitrogens with one attached hydrogen (secondary N) is 2. The third-order valence-corrected chi connectivity index (χ3v) is 6.28. The molecule has 0 heterocycles. The Balaban J connectivity index is 1.64. The molecule has 0 radical (unpaired) electrons. The molecule has 0 saturated carbocycles. The van der Waals surface area contributed by atoms with E-state index in [1.54, 1.807) is 6.07 Å². The maximum absolute atomic E-state index is 12.1. The molecule has 0 saturated heterocycles. The molecule has 0 bridgehead atoms. The number of sulfonamides is 1. The van der Waals surface area contributed by atoms with E-state index in [0.29, 0.717) is 11.4 Å². The van der Waals surface area contributed by atoms with Crippen LogP contribution in [0.5, 0.6) is 0 Å². The molecular weight excluding hydrogens is 366 g/mol. The number of hydrogen-bond acceptors (Lipinski definition) is 4. The predicted molar refractivity (Wildman–Crippen MR) is 103 cm³/mol. The maximum atomic E-state index is 12.1. The summed E-state index contributed by atoms with van der Waals surface area (Å²) < 4.78 is 25.2. The monoisotopic (exact) mass is 387 g/mol. The topological polar surface area (TPSA) is 95.6 Å². The average Bonchev–Trinajstić information content (AvgIpc) is 3.09. The Morgan fingerprint density at radius 3 is 2.04 bits per heavy atom. The van der Waals surface area contributed by atoms with Gasteiger partial charge >= 0.3 is 11.8 Å². The van der Waals surface area contributed by atoms with Crippen LogP contribution in [0.15, 0.2) is 47.4 Å². The summed E-state index contributed by atoms with van der Waals surface area (Å²) in [5.41, 5.74) is 3.40. The van der Waals surface area contributed by atoms with Crippen LogP contribution >= 0.6 is 0 Å². The van der Waals surface area contributed by atoms with Gasteiger partial charge in [0.25, 0.3) is 0 Å². The Morgan fingerprint density at radius 1 is 0.852 bits per heavy atom. The number of benzene rings is 2. The molecule has 3 rings (SSSR count). The van der Waals surface area contributed by atoms with Crippen molar-refractivity contribution in [1.29, 1.82) is 0 Å². The SMILES string of the molecule is CN(C)S(=O)(=O)c1ccc(NC(=O)C(=O)Nc2ccc3c(c2)CCC3)cc1. The molecule has 2 aromatic rings. The Bertz CT molecular complexity index is 983. The lowest BCUT2D eigenvalue weighted by atomic mass is 10.1. The van der Waals surface area contributed by atoms with Gasteiger partial charge in [-0.2, -0.15) is 0 Å². The van der Waals surface area contributed by atoms with Crippen molar-refractivity contribution in [2.75, 3.05) is 24.7 Å². The number of carbonyl (C=O) groups excluding carboxylic acids is 2. The van der Waals surface area contributed by atoms with Gasteiger partial charge in [0.2, 0.25) is 10.0 Å². The van der Waals surface area contributed by atoms with Crippen LogP contribution in [0.3, 0.4) is 0 Å². The van der Waals surface area contributed by atoms with Crippen LogP contribution in [0.25, 0.3) is 0 Å². The lowest BCUT2D eigenvalue weighted by molar-refractivity contribution is -0.132. The Labute approximate surface area is 158 Å². The van der Waals surface area contributed by atoms with Crippen LogP contribution in [0, 0.1) is 0 Å². The fourth-order valence-electron chi connectivity index (χ4n) is 2.95. The predicted octanol–water partition coefficient (Wildman–Crippen LogP) is 2.00. The maximum Gasteiger partial charge on any atom is 0.314 e. The van der Waals surface area contributed by atoms with Gasteiger partial charge < -0.3 is 10.6 Å². The quantitative estimate of drug-likeness (QED) is 0.785. The fraction of sp³-hybridized carbons (Fsp3) is 0.263. The van der Waals surface area contributed by atoms with Crippen LogP contribution in [0.2, 0.25) is 0 Å². The molecule has 27 heavy (non-hydrogen) atoms. The molecule has 2 N–H and O–H groups in total. The number of hydrogen-bond donors (Lipinski definition) is 2.